The van der Waals surface area contributed by atoms with Gasteiger partial charge in [-0.2, -0.15) is 0 Å². The molecule has 2 rings (SSSR count). The van der Waals surface area contributed by atoms with Crippen LogP contribution in [-0.4, -0.2) is 43.5 Å². The highest BCUT2D eigenvalue weighted by Crippen LogP contribution is 2.38. The molecule has 5 nitrogen and oxygen atoms in total. The molecular weight excluding hydrogens is 316 g/mol. The van der Waals surface area contributed by atoms with Gasteiger partial charge in [0.2, 0.25) is 11.8 Å². The zero-order chi connectivity index (χ0) is 18.4. The van der Waals surface area contributed by atoms with Crippen molar-refractivity contribution in [3.63, 3.8) is 0 Å². The van der Waals surface area contributed by atoms with Crippen molar-refractivity contribution < 1.29 is 14.3 Å². The molecule has 0 spiro atoms. The molecule has 1 heterocycles. The number of rotatable bonds is 7. The summed E-state index contributed by atoms with van der Waals surface area (Å²) in [6.07, 6.45) is 1.41. The Morgan fingerprint density at radius 3 is 2.64 bits per heavy atom. The van der Waals surface area contributed by atoms with Gasteiger partial charge in [-0.15, -0.1) is 0 Å². The van der Waals surface area contributed by atoms with Crippen LogP contribution < -0.4 is 10.1 Å². The molecule has 1 aliphatic heterocycles. The lowest BCUT2D eigenvalue weighted by molar-refractivity contribution is -0.131. The van der Waals surface area contributed by atoms with Gasteiger partial charge in [0, 0.05) is 32.0 Å². The van der Waals surface area contributed by atoms with Gasteiger partial charge in [-0.3, -0.25) is 9.59 Å². The number of ether oxygens (including phenoxy) is 1. The van der Waals surface area contributed by atoms with Crippen LogP contribution in [0.15, 0.2) is 24.3 Å². The van der Waals surface area contributed by atoms with Crippen LogP contribution in [0.4, 0.5) is 0 Å². The molecule has 138 valence electrons. The van der Waals surface area contributed by atoms with Crippen molar-refractivity contribution in [2.75, 3.05) is 26.7 Å². The third-order valence-electron chi connectivity index (χ3n) is 4.68. The summed E-state index contributed by atoms with van der Waals surface area (Å²) >= 11 is 0. The minimum atomic E-state index is -0.237. The number of nitrogens with one attached hydrogen (secondary N) is 1. The topological polar surface area (TPSA) is 58.6 Å². The molecule has 2 atom stereocenters. The fourth-order valence-corrected chi connectivity index (χ4v) is 3.42. The quantitative estimate of drug-likeness (QED) is 0.826. The average Bonchev–Trinajstić information content (AvgIpc) is 3.04. The van der Waals surface area contributed by atoms with E-state index in [-0.39, 0.29) is 23.7 Å². The minimum Gasteiger partial charge on any atom is -0.496 e. The number of carbonyl (C=O) groups is 2. The summed E-state index contributed by atoms with van der Waals surface area (Å²) in [4.78, 5) is 27.1. The normalized spacial score (nSPS) is 20.0. The molecule has 2 unspecified atom stereocenters. The molecule has 0 saturated carbocycles. The molecule has 1 aliphatic rings. The zero-order valence-corrected chi connectivity index (χ0v) is 15.7. The number of para-hydroxylation sites is 1. The van der Waals surface area contributed by atoms with Crippen molar-refractivity contribution in [3.8, 4) is 5.75 Å². The maximum absolute atomic E-state index is 12.7. The summed E-state index contributed by atoms with van der Waals surface area (Å²) < 4.78 is 5.49. The molecule has 5 heteroatoms. The van der Waals surface area contributed by atoms with E-state index in [1.165, 1.54) is 0 Å². The summed E-state index contributed by atoms with van der Waals surface area (Å²) in [5.74, 6) is 0.963. The van der Waals surface area contributed by atoms with E-state index in [0.29, 0.717) is 32.0 Å². The standard InChI is InChI=1S/C20H30N2O3/c1-5-10-21-20(24)17-13-22(19(23)11-14(2)3)12-16(17)15-8-6-7-9-18(15)25-4/h6-9,14,16-17H,5,10-13H2,1-4H3,(H,21,24). The monoisotopic (exact) mass is 346 g/mol. The van der Waals surface area contributed by atoms with Crippen molar-refractivity contribution in [2.45, 2.75) is 39.5 Å². The number of benzene rings is 1. The van der Waals surface area contributed by atoms with E-state index in [0.717, 1.165) is 17.7 Å². The van der Waals surface area contributed by atoms with Crippen LogP contribution in [0.5, 0.6) is 5.75 Å². The van der Waals surface area contributed by atoms with Gasteiger partial charge in [-0.1, -0.05) is 39.0 Å². The van der Waals surface area contributed by atoms with Gasteiger partial charge >= 0.3 is 0 Å². The van der Waals surface area contributed by atoms with E-state index in [1.54, 1.807) is 7.11 Å². The Bertz CT molecular complexity index is 600. The molecule has 2 amide bonds. The SMILES string of the molecule is CCCNC(=O)C1CN(C(=O)CC(C)C)CC1c1ccccc1OC. The van der Waals surface area contributed by atoms with Crippen LogP contribution in [0, 0.1) is 11.8 Å². The predicted octanol–water partition coefficient (Wildman–Crippen LogP) is 2.81. The highest BCUT2D eigenvalue weighted by Gasteiger charge is 2.41. The largest absolute Gasteiger partial charge is 0.496 e. The number of hydrogen-bond donors (Lipinski definition) is 1. The molecule has 25 heavy (non-hydrogen) atoms. The number of methoxy groups -OCH3 is 1. The third kappa shape index (κ3) is 4.74. The summed E-state index contributed by atoms with van der Waals surface area (Å²) in [7, 11) is 1.64. The second kappa shape index (κ2) is 8.88. The van der Waals surface area contributed by atoms with Gasteiger partial charge < -0.3 is 15.0 Å². The summed E-state index contributed by atoms with van der Waals surface area (Å²) in [5, 5.41) is 2.99. The first-order valence-corrected chi connectivity index (χ1v) is 9.16. The maximum Gasteiger partial charge on any atom is 0.225 e. The van der Waals surface area contributed by atoms with E-state index in [9.17, 15) is 9.59 Å². The Morgan fingerprint density at radius 2 is 2.00 bits per heavy atom. The van der Waals surface area contributed by atoms with Crippen LogP contribution >= 0.6 is 0 Å². The molecule has 0 radical (unpaired) electrons. The smallest absolute Gasteiger partial charge is 0.225 e. The van der Waals surface area contributed by atoms with Crippen molar-refractivity contribution in [1.29, 1.82) is 0 Å². The van der Waals surface area contributed by atoms with Crippen LogP contribution in [-0.2, 0) is 9.59 Å². The number of amides is 2. The molecule has 1 aromatic carbocycles. The predicted molar refractivity (Wildman–Crippen MR) is 98.6 cm³/mol. The van der Waals surface area contributed by atoms with Crippen LogP contribution in [0.25, 0.3) is 0 Å². The number of nitrogens with zero attached hydrogens (tertiary/aromatic N) is 1. The number of hydrogen-bond acceptors (Lipinski definition) is 3. The lowest BCUT2D eigenvalue weighted by Gasteiger charge is -2.20. The summed E-state index contributed by atoms with van der Waals surface area (Å²) in [6.45, 7) is 7.81. The van der Waals surface area contributed by atoms with E-state index in [2.05, 4.69) is 5.32 Å². The Labute approximate surface area is 150 Å². The summed E-state index contributed by atoms with van der Waals surface area (Å²) in [6, 6.07) is 7.79. The van der Waals surface area contributed by atoms with Crippen LogP contribution in [0.3, 0.4) is 0 Å². The van der Waals surface area contributed by atoms with Gasteiger partial charge in [-0.25, -0.2) is 0 Å². The average molecular weight is 346 g/mol. The Morgan fingerprint density at radius 1 is 1.28 bits per heavy atom. The van der Waals surface area contributed by atoms with Gasteiger partial charge in [0.25, 0.3) is 0 Å². The molecule has 1 aromatic rings. The first kappa shape index (κ1) is 19.3. The maximum atomic E-state index is 12.7. The second-order valence-electron chi connectivity index (χ2n) is 7.14. The first-order valence-electron chi connectivity index (χ1n) is 9.16. The Hall–Kier alpha value is -2.04. The molecule has 0 bridgehead atoms. The van der Waals surface area contributed by atoms with E-state index < -0.39 is 0 Å². The number of likely N-dealkylation sites (tertiary alicyclic amines) is 1. The molecule has 1 N–H and O–H groups in total. The van der Waals surface area contributed by atoms with Crippen molar-refractivity contribution >= 4 is 11.8 Å². The Kier molecular flexibility index (Phi) is 6.85. The third-order valence-corrected chi connectivity index (χ3v) is 4.68. The van der Waals surface area contributed by atoms with E-state index in [1.807, 2.05) is 49.9 Å². The van der Waals surface area contributed by atoms with Gasteiger partial charge in [-0.05, 0) is 24.0 Å². The van der Waals surface area contributed by atoms with E-state index >= 15 is 0 Å². The number of carbonyl (C=O) groups excluding carboxylic acids is 2. The second-order valence-corrected chi connectivity index (χ2v) is 7.14. The van der Waals surface area contributed by atoms with Gasteiger partial charge in [0.05, 0.1) is 13.0 Å². The van der Waals surface area contributed by atoms with Crippen molar-refractivity contribution in [2.24, 2.45) is 11.8 Å². The van der Waals surface area contributed by atoms with Gasteiger partial charge in [0.1, 0.15) is 5.75 Å². The lowest BCUT2D eigenvalue weighted by atomic mass is 9.87. The van der Waals surface area contributed by atoms with E-state index in [4.69, 9.17) is 4.74 Å². The molecule has 0 aliphatic carbocycles. The zero-order valence-electron chi connectivity index (χ0n) is 15.7. The van der Waals surface area contributed by atoms with Crippen LogP contribution in [0.1, 0.15) is 45.1 Å². The van der Waals surface area contributed by atoms with Crippen LogP contribution in [0.2, 0.25) is 0 Å². The summed E-state index contributed by atoms with van der Waals surface area (Å²) in [5.41, 5.74) is 1.00. The molecular formula is C20H30N2O3. The molecule has 1 fully saturated rings. The fourth-order valence-electron chi connectivity index (χ4n) is 3.42. The highest BCUT2D eigenvalue weighted by molar-refractivity contribution is 5.83. The Balaban J connectivity index is 2.26. The minimum absolute atomic E-state index is 0.0256. The first-order chi connectivity index (χ1) is 12.0. The van der Waals surface area contributed by atoms with Gasteiger partial charge in [0.15, 0.2) is 0 Å². The lowest BCUT2D eigenvalue weighted by Crippen LogP contribution is -2.36. The van der Waals surface area contributed by atoms with Crippen molar-refractivity contribution in [1.82, 2.24) is 10.2 Å². The molecule has 1 saturated heterocycles. The molecule has 0 aromatic heterocycles. The van der Waals surface area contributed by atoms with Crippen molar-refractivity contribution in [3.05, 3.63) is 29.8 Å². The highest BCUT2D eigenvalue weighted by atomic mass is 16.5. The fraction of sp³-hybridized carbons (Fsp3) is 0.600.